The number of rotatable bonds is 4. The summed E-state index contributed by atoms with van der Waals surface area (Å²) in [7, 11) is 0. The van der Waals surface area contributed by atoms with Crippen molar-refractivity contribution in [3.63, 3.8) is 0 Å². The standard InChI is InChI=1S/C21H19Cl2NO4/c1-13-18(20(26)19-15(22)8-5-9-16(19)23)17(25)10-11-24(13)21(27)28-12-14-6-3-2-4-7-14/h2-11,13,18,20,26H,12H2,1H3. The van der Waals surface area contributed by atoms with Gasteiger partial charge in [-0.25, -0.2) is 4.79 Å². The van der Waals surface area contributed by atoms with E-state index in [0.717, 1.165) is 5.56 Å². The first kappa shape index (κ1) is 20.4. The summed E-state index contributed by atoms with van der Waals surface area (Å²) in [5.41, 5.74) is 1.11. The predicted molar refractivity (Wildman–Crippen MR) is 107 cm³/mol. The van der Waals surface area contributed by atoms with Crippen LogP contribution >= 0.6 is 23.2 Å². The number of amides is 1. The number of carbonyl (C=O) groups excluding carboxylic acids is 2. The fraction of sp³-hybridized carbons (Fsp3) is 0.238. The smallest absolute Gasteiger partial charge is 0.414 e. The summed E-state index contributed by atoms with van der Waals surface area (Å²) in [6.45, 7) is 1.78. The van der Waals surface area contributed by atoms with Crippen molar-refractivity contribution in [2.24, 2.45) is 5.92 Å². The molecule has 1 N–H and O–H groups in total. The molecular weight excluding hydrogens is 401 g/mol. The summed E-state index contributed by atoms with van der Waals surface area (Å²) in [5, 5.41) is 11.4. The van der Waals surface area contributed by atoms with Crippen molar-refractivity contribution in [1.29, 1.82) is 0 Å². The lowest BCUT2D eigenvalue weighted by Gasteiger charge is -2.36. The molecule has 0 radical (unpaired) electrons. The van der Waals surface area contributed by atoms with Crippen molar-refractivity contribution in [1.82, 2.24) is 4.90 Å². The Hall–Kier alpha value is -2.34. The van der Waals surface area contributed by atoms with E-state index in [4.69, 9.17) is 27.9 Å². The van der Waals surface area contributed by atoms with Crippen molar-refractivity contribution in [3.8, 4) is 0 Å². The molecular formula is C21H19Cl2NO4. The number of benzene rings is 2. The van der Waals surface area contributed by atoms with E-state index in [1.165, 1.54) is 17.2 Å². The van der Waals surface area contributed by atoms with Gasteiger partial charge >= 0.3 is 6.09 Å². The summed E-state index contributed by atoms with van der Waals surface area (Å²) in [6.07, 6.45) is 0.751. The number of ketones is 1. The molecule has 0 saturated carbocycles. The zero-order valence-electron chi connectivity index (χ0n) is 15.1. The Morgan fingerprint density at radius 2 is 1.79 bits per heavy atom. The molecule has 7 heteroatoms. The van der Waals surface area contributed by atoms with E-state index in [2.05, 4.69) is 0 Å². The Labute approximate surface area is 173 Å². The number of nitrogens with zero attached hydrogens (tertiary/aromatic N) is 1. The number of hydrogen-bond acceptors (Lipinski definition) is 4. The van der Waals surface area contributed by atoms with E-state index in [1.807, 2.05) is 30.3 Å². The minimum Gasteiger partial charge on any atom is -0.444 e. The van der Waals surface area contributed by atoms with Crippen LogP contribution in [-0.2, 0) is 16.1 Å². The molecule has 0 saturated heterocycles. The highest BCUT2D eigenvalue weighted by atomic mass is 35.5. The van der Waals surface area contributed by atoms with Crippen molar-refractivity contribution in [2.75, 3.05) is 0 Å². The summed E-state index contributed by atoms with van der Waals surface area (Å²) < 4.78 is 5.35. The van der Waals surface area contributed by atoms with E-state index in [0.29, 0.717) is 0 Å². The van der Waals surface area contributed by atoms with Crippen LogP contribution in [0.1, 0.15) is 24.2 Å². The van der Waals surface area contributed by atoms with Gasteiger partial charge < -0.3 is 9.84 Å². The molecule has 3 atom stereocenters. The van der Waals surface area contributed by atoms with Crippen LogP contribution in [0.25, 0.3) is 0 Å². The van der Waals surface area contributed by atoms with E-state index in [-0.39, 0.29) is 28.0 Å². The van der Waals surface area contributed by atoms with E-state index < -0.39 is 24.2 Å². The fourth-order valence-corrected chi connectivity index (χ4v) is 3.85. The van der Waals surface area contributed by atoms with Crippen LogP contribution < -0.4 is 0 Å². The molecule has 146 valence electrons. The second-order valence-corrected chi connectivity index (χ2v) is 7.33. The molecule has 2 aromatic rings. The van der Waals surface area contributed by atoms with Gasteiger partial charge in [0, 0.05) is 27.9 Å². The first-order chi connectivity index (χ1) is 13.4. The highest BCUT2D eigenvalue weighted by Gasteiger charge is 2.40. The zero-order chi connectivity index (χ0) is 20.3. The lowest BCUT2D eigenvalue weighted by molar-refractivity contribution is -0.125. The lowest BCUT2D eigenvalue weighted by Crippen LogP contribution is -2.47. The molecule has 28 heavy (non-hydrogen) atoms. The normalized spacial score (nSPS) is 20.1. The average molecular weight is 420 g/mol. The minimum absolute atomic E-state index is 0.105. The highest BCUT2D eigenvalue weighted by molar-refractivity contribution is 6.36. The quantitative estimate of drug-likeness (QED) is 0.774. The van der Waals surface area contributed by atoms with E-state index in [1.54, 1.807) is 25.1 Å². The molecule has 0 bridgehead atoms. The largest absolute Gasteiger partial charge is 0.444 e. The predicted octanol–water partition coefficient (Wildman–Crippen LogP) is 4.77. The molecule has 5 nitrogen and oxygen atoms in total. The Bertz CT molecular complexity index is 880. The molecule has 0 aromatic heterocycles. The van der Waals surface area contributed by atoms with Crippen LogP contribution in [-0.4, -0.2) is 27.9 Å². The van der Waals surface area contributed by atoms with Gasteiger partial charge in [0.05, 0.1) is 12.0 Å². The van der Waals surface area contributed by atoms with Crippen LogP contribution in [0.4, 0.5) is 4.79 Å². The van der Waals surface area contributed by atoms with Crippen LogP contribution in [0.2, 0.25) is 10.0 Å². The van der Waals surface area contributed by atoms with Gasteiger partial charge in [-0.1, -0.05) is 59.6 Å². The molecule has 1 aliphatic rings. The fourth-order valence-electron chi connectivity index (χ4n) is 3.22. The van der Waals surface area contributed by atoms with Crippen molar-refractivity contribution in [3.05, 3.63) is 82.0 Å². The first-order valence-electron chi connectivity index (χ1n) is 8.73. The summed E-state index contributed by atoms with van der Waals surface area (Å²) >= 11 is 12.4. The lowest BCUT2D eigenvalue weighted by atomic mass is 9.84. The van der Waals surface area contributed by atoms with Crippen LogP contribution in [0.15, 0.2) is 60.8 Å². The number of allylic oxidation sites excluding steroid dienone is 1. The number of ether oxygens (including phenoxy) is 1. The molecule has 3 rings (SSSR count). The summed E-state index contributed by atoms with van der Waals surface area (Å²) in [6, 6.07) is 13.4. The monoisotopic (exact) mass is 419 g/mol. The molecule has 3 unspecified atom stereocenters. The van der Waals surface area contributed by atoms with Gasteiger partial charge in [-0.05, 0) is 30.7 Å². The van der Waals surface area contributed by atoms with Gasteiger partial charge in [0.15, 0.2) is 5.78 Å². The van der Waals surface area contributed by atoms with Crippen molar-refractivity contribution < 1.29 is 19.4 Å². The maximum Gasteiger partial charge on any atom is 0.414 e. The maximum atomic E-state index is 12.5. The summed E-state index contributed by atoms with van der Waals surface area (Å²) in [4.78, 5) is 26.3. The molecule has 1 aliphatic heterocycles. The third-order valence-corrected chi connectivity index (χ3v) is 5.40. The molecule has 1 heterocycles. The zero-order valence-corrected chi connectivity index (χ0v) is 16.6. The van der Waals surface area contributed by atoms with Crippen molar-refractivity contribution >= 4 is 35.1 Å². The van der Waals surface area contributed by atoms with E-state index >= 15 is 0 Å². The Balaban J connectivity index is 1.78. The number of hydrogen-bond donors (Lipinski definition) is 1. The Kier molecular flexibility index (Phi) is 6.39. The van der Waals surface area contributed by atoms with Crippen LogP contribution in [0.3, 0.4) is 0 Å². The topological polar surface area (TPSA) is 66.8 Å². The van der Waals surface area contributed by atoms with Gasteiger partial charge in [-0.3, -0.25) is 9.69 Å². The third-order valence-electron chi connectivity index (χ3n) is 4.74. The SMILES string of the molecule is CC1C(C(O)c2c(Cl)cccc2Cl)C(=O)C=CN1C(=O)OCc1ccccc1. The third kappa shape index (κ3) is 4.22. The number of aliphatic hydroxyl groups excluding tert-OH is 1. The van der Waals surface area contributed by atoms with Gasteiger partial charge in [-0.2, -0.15) is 0 Å². The molecule has 0 fully saturated rings. The maximum absolute atomic E-state index is 12.5. The molecule has 0 spiro atoms. The van der Waals surface area contributed by atoms with E-state index in [9.17, 15) is 14.7 Å². The van der Waals surface area contributed by atoms with Gasteiger partial charge in [0.25, 0.3) is 0 Å². The Morgan fingerprint density at radius 1 is 1.14 bits per heavy atom. The molecule has 1 amide bonds. The second-order valence-electron chi connectivity index (χ2n) is 6.51. The minimum atomic E-state index is -1.27. The average Bonchev–Trinajstić information content (AvgIpc) is 2.67. The van der Waals surface area contributed by atoms with Crippen molar-refractivity contribution in [2.45, 2.75) is 25.7 Å². The van der Waals surface area contributed by atoms with Gasteiger partial charge in [-0.15, -0.1) is 0 Å². The Morgan fingerprint density at radius 3 is 2.43 bits per heavy atom. The highest BCUT2D eigenvalue weighted by Crippen LogP contribution is 2.38. The summed E-state index contributed by atoms with van der Waals surface area (Å²) in [5.74, 6) is -1.24. The van der Waals surface area contributed by atoms with Gasteiger partial charge in [0.2, 0.25) is 0 Å². The second kappa shape index (κ2) is 8.78. The number of halogens is 2. The van der Waals surface area contributed by atoms with Crippen LogP contribution in [0.5, 0.6) is 0 Å². The molecule has 0 aliphatic carbocycles. The first-order valence-corrected chi connectivity index (χ1v) is 9.48. The van der Waals surface area contributed by atoms with Crippen LogP contribution in [0, 0.1) is 5.92 Å². The van der Waals surface area contributed by atoms with Gasteiger partial charge in [0.1, 0.15) is 6.61 Å². The molecule has 2 aromatic carbocycles. The number of aliphatic hydroxyl groups is 1. The number of carbonyl (C=O) groups is 2.